The fourth-order valence-corrected chi connectivity index (χ4v) is 2.83. The largest absolute Gasteiger partial charge is 0.385 e. The number of ketones is 1. The number of fused-ring (bicyclic) bond motifs is 1. The Hall–Kier alpha value is -1.80. The summed E-state index contributed by atoms with van der Waals surface area (Å²) < 4.78 is 0. The van der Waals surface area contributed by atoms with Crippen molar-refractivity contribution in [3.05, 3.63) is 52.5 Å². The molecular formula is C17H16ClNO. The smallest absolute Gasteiger partial charge is 0.159 e. The van der Waals surface area contributed by atoms with Crippen molar-refractivity contribution in [2.24, 2.45) is 0 Å². The van der Waals surface area contributed by atoms with Crippen molar-refractivity contribution in [2.45, 2.75) is 19.8 Å². The first-order valence-electron chi connectivity index (χ1n) is 6.83. The quantitative estimate of drug-likeness (QED) is 0.819. The van der Waals surface area contributed by atoms with Crippen molar-refractivity contribution in [2.75, 3.05) is 11.9 Å². The van der Waals surface area contributed by atoms with Crippen LogP contribution in [0.2, 0.25) is 5.02 Å². The van der Waals surface area contributed by atoms with Gasteiger partial charge < -0.3 is 5.32 Å². The summed E-state index contributed by atoms with van der Waals surface area (Å²) in [5.74, 6) is 0.0579. The highest BCUT2D eigenvalue weighted by Gasteiger charge is 2.12. The van der Waals surface area contributed by atoms with Gasteiger partial charge in [0.1, 0.15) is 0 Å². The van der Waals surface area contributed by atoms with Crippen molar-refractivity contribution >= 4 is 23.1 Å². The van der Waals surface area contributed by atoms with Gasteiger partial charge in [-0.05, 0) is 61.2 Å². The van der Waals surface area contributed by atoms with Gasteiger partial charge in [0.25, 0.3) is 0 Å². The highest BCUT2D eigenvalue weighted by Crippen LogP contribution is 2.33. The summed E-state index contributed by atoms with van der Waals surface area (Å²) in [5.41, 5.74) is 5.21. The predicted molar refractivity (Wildman–Crippen MR) is 83.7 cm³/mol. The summed E-state index contributed by atoms with van der Waals surface area (Å²) in [6.07, 6.45) is 2.23. The van der Waals surface area contributed by atoms with E-state index in [1.165, 1.54) is 11.3 Å². The van der Waals surface area contributed by atoms with Gasteiger partial charge in [0.15, 0.2) is 5.78 Å². The molecule has 0 atom stereocenters. The van der Waals surface area contributed by atoms with E-state index in [1.54, 1.807) is 19.1 Å². The number of nitrogens with one attached hydrogen (secondary N) is 1. The second-order valence-corrected chi connectivity index (χ2v) is 5.56. The van der Waals surface area contributed by atoms with Crippen LogP contribution in [0.15, 0.2) is 36.4 Å². The molecule has 0 fully saturated rings. The molecule has 0 bridgehead atoms. The van der Waals surface area contributed by atoms with E-state index < -0.39 is 0 Å². The van der Waals surface area contributed by atoms with Crippen LogP contribution in [0.1, 0.15) is 29.3 Å². The molecule has 0 radical (unpaired) electrons. The van der Waals surface area contributed by atoms with E-state index >= 15 is 0 Å². The molecule has 2 aromatic carbocycles. The second kappa shape index (κ2) is 5.29. The van der Waals surface area contributed by atoms with Gasteiger partial charge in [-0.1, -0.05) is 17.7 Å². The maximum Gasteiger partial charge on any atom is 0.159 e. The Morgan fingerprint density at radius 1 is 1.20 bits per heavy atom. The third-order valence-corrected chi connectivity index (χ3v) is 4.06. The molecule has 0 aliphatic carbocycles. The third kappa shape index (κ3) is 2.44. The summed E-state index contributed by atoms with van der Waals surface area (Å²) in [5, 5.41) is 4.08. The number of carbonyl (C=O) groups excluding carboxylic acids is 1. The summed E-state index contributed by atoms with van der Waals surface area (Å²) in [4.78, 5) is 11.5. The van der Waals surface area contributed by atoms with E-state index in [-0.39, 0.29) is 5.78 Å². The Morgan fingerprint density at radius 2 is 2.05 bits per heavy atom. The Bertz CT molecular complexity index is 679. The molecule has 102 valence electrons. The lowest BCUT2D eigenvalue weighted by Crippen LogP contribution is -2.11. The van der Waals surface area contributed by atoms with Gasteiger partial charge in [-0.15, -0.1) is 0 Å². The minimum Gasteiger partial charge on any atom is -0.385 e. The van der Waals surface area contributed by atoms with Crippen molar-refractivity contribution in [1.82, 2.24) is 0 Å². The number of hydrogen-bond acceptors (Lipinski definition) is 2. The van der Waals surface area contributed by atoms with Gasteiger partial charge in [-0.2, -0.15) is 0 Å². The monoisotopic (exact) mass is 285 g/mol. The number of halogens is 1. The minimum absolute atomic E-state index is 0.0579. The average molecular weight is 286 g/mol. The first-order chi connectivity index (χ1) is 9.65. The molecule has 2 aromatic rings. The lowest BCUT2D eigenvalue weighted by molar-refractivity contribution is 0.101. The number of rotatable bonds is 2. The van der Waals surface area contributed by atoms with Crippen LogP contribution >= 0.6 is 11.6 Å². The number of hydrogen-bond donors (Lipinski definition) is 1. The third-order valence-electron chi connectivity index (χ3n) is 3.73. The summed E-state index contributed by atoms with van der Waals surface area (Å²) in [6.45, 7) is 2.61. The van der Waals surface area contributed by atoms with E-state index in [9.17, 15) is 4.79 Å². The van der Waals surface area contributed by atoms with Crippen molar-refractivity contribution < 1.29 is 4.79 Å². The van der Waals surface area contributed by atoms with Gasteiger partial charge in [-0.25, -0.2) is 0 Å². The Labute approximate surface area is 123 Å². The molecule has 0 saturated heterocycles. The molecule has 1 heterocycles. The molecule has 0 spiro atoms. The van der Waals surface area contributed by atoms with Crippen LogP contribution in [0, 0.1) is 0 Å². The maximum absolute atomic E-state index is 11.5. The average Bonchev–Trinajstić information content (AvgIpc) is 2.47. The Balaban J connectivity index is 2.08. The molecule has 0 aromatic heterocycles. The van der Waals surface area contributed by atoms with Gasteiger partial charge in [0.05, 0.1) is 0 Å². The van der Waals surface area contributed by atoms with Gasteiger partial charge in [-0.3, -0.25) is 4.79 Å². The highest BCUT2D eigenvalue weighted by atomic mass is 35.5. The van der Waals surface area contributed by atoms with Crippen molar-refractivity contribution in [3.63, 3.8) is 0 Å². The van der Waals surface area contributed by atoms with E-state index in [0.717, 1.165) is 30.5 Å². The van der Waals surface area contributed by atoms with Crippen LogP contribution in [0.4, 0.5) is 5.69 Å². The summed E-state index contributed by atoms with van der Waals surface area (Å²) in [7, 11) is 0. The fraction of sp³-hybridized carbons (Fsp3) is 0.235. The van der Waals surface area contributed by atoms with Crippen LogP contribution in [-0.2, 0) is 6.42 Å². The van der Waals surface area contributed by atoms with Gasteiger partial charge in [0, 0.05) is 28.4 Å². The molecule has 1 aliphatic rings. The van der Waals surface area contributed by atoms with Gasteiger partial charge >= 0.3 is 0 Å². The zero-order chi connectivity index (χ0) is 14.1. The van der Waals surface area contributed by atoms with Crippen LogP contribution in [0.25, 0.3) is 11.1 Å². The molecule has 1 aliphatic heterocycles. The molecule has 0 saturated carbocycles. The molecule has 2 nitrogen and oxygen atoms in total. The summed E-state index contributed by atoms with van der Waals surface area (Å²) >= 11 is 6.29. The van der Waals surface area contributed by atoms with E-state index in [4.69, 9.17) is 11.6 Å². The Morgan fingerprint density at radius 3 is 2.85 bits per heavy atom. The maximum atomic E-state index is 11.5. The highest BCUT2D eigenvalue weighted by molar-refractivity contribution is 6.33. The molecule has 3 rings (SSSR count). The minimum atomic E-state index is 0.0579. The molecule has 3 heteroatoms. The van der Waals surface area contributed by atoms with Crippen LogP contribution in [0.3, 0.4) is 0 Å². The fourth-order valence-electron chi connectivity index (χ4n) is 2.61. The lowest BCUT2D eigenvalue weighted by atomic mass is 9.96. The first kappa shape index (κ1) is 13.2. The van der Waals surface area contributed by atoms with Crippen molar-refractivity contribution in [1.29, 1.82) is 0 Å². The summed E-state index contributed by atoms with van der Waals surface area (Å²) in [6, 6.07) is 11.8. The van der Waals surface area contributed by atoms with E-state index in [1.807, 2.05) is 6.07 Å². The van der Waals surface area contributed by atoms with Crippen LogP contribution < -0.4 is 5.32 Å². The SMILES string of the molecule is CC(=O)c1ccc(Cl)c(-c2ccc3c(c2)CCCN3)c1. The number of aryl methyl sites for hydroxylation is 1. The topological polar surface area (TPSA) is 29.1 Å². The number of Topliss-reactive ketones (excluding diaryl/α,β-unsaturated/α-hetero) is 1. The zero-order valence-electron chi connectivity index (χ0n) is 11.4. The zero-order valence-corrected chi connectivity index (χ0v) is 12.1. The number of benzene rings is 2. The molecule has 0 unspecified atom stereocenters. The van der Waals surface area contributed by atoms with E-state index in [0.29, 0.717) is 10.6 Å². The standard InChI is InChI=1S/C17H16ClNO/c1-11(20)12-4-6-16(18)15(10-12)13-5-7-17-14(9-13)3-2-8-19-17/h4-7,9-10,19H,2-3,8H2,1H3. The van der Waals surface area contributed by atoms with Crippen molar-refractivity contribution in [3.8, 4) is 11.1 Å². The molecule has 1 N–H and O–H groups in total. The molecule has 0 amide bonds. The van der Waals surface area contributed by atoms with E-state index in [2.05, 4.69) is 23.5 Å². The second-order valence-electron chi connectivity index (χ2n) is 5.15. The number of anilines is 1. The molecular weight excluding hydrogens is 270 g/mol. The lowest BCUT2D eigenvalue weighted by Gasteiger charge is -2.19. The van der Waals surface area contributed by atoms with Crippen LogP contribution in [0.5, 0.6) is 0 Å². The van der Waals surface area contributed by atoms with Crippen LogP contribution in [-0.4, -0.2) is 12.3 Å². The molecule has 20 heavy (non-hydrogen) atoms. The Kier molecular flexibility index (Phi) is 3.49. The normalized spacial score (nSPS) is 13.5. The van der Waals surface area contributed by atoms with Gasteiger partial charge in [0.2, 0.25) is 0 Å². The predicted octanol–water partition coefficient (Wildman–Crippen LogP) is 4.57. The number of carbonyl (C=O) groups is 1. The first-order valence-corrected chi connectivity index (χ1v) is 7.20.